The summed E-state index contributed by atoms with van der Waals surface area (Å²) in [6.45, 7) is 14.4. The first-order chi connectivity index (χ1) is 8.82. The van der Waals surface area contributed by atoms with E-state index in [0.717, 1.165) is 6.54 Å². The molecule has 1 N–H and O–H groups in total. The van der Waals surface area contributed by atoms with Gasteiger partial charge < -0.3 is 10.2 Å². The predicted molar refractivity (Wildman–Crippen MR) is 85.9 cm³/mol. The molecule has 0 saturated carbocycles. The molecule has 1 unspecified atom stereocenters. The van der Waals surface area contributed by atoms with Crippen LogP contribution >= 0.6 is 0 Å². The second kappa shape index (κ2) is 6.95. The monoisotopic (exact) mass is 262 g/mol. The van der Waals surface area contributed by atoms with Crippen molar-refractivity contribution in [1.29, 1.82) is 0 Å². The van der Waals surface area contributed by atoms with Crippen molar-refractivity contribution < 1.29 is 0 Å². The highest BCUT2D eigenvalue weighted by Crippen LogP contribution is 2.22. The normalized spacial score (nSPS) is 13.1. The zero-order chi connectivity index (χ0) is 14.6. The van der Waals surface area contributed by atoms with E-state index in [1.165, 1.54) is 16.8 Å². The van der Waals surface area contributed by atoms with Crippen molar-refractivity contribution >= 4 is 5.69 Å². The minimum Gasteiger partial charge on any atom is -0.372 e. The maximum Gasteiger partial charge on any atom is 0.0368 e. The molecule has 0 aromatic heterocycles. The van der Waals surface area contributed by atoms with Crippen molar-refractivity contribution in [3.8, 4) is 0 Å². The Hall–Kier alpha value is -1.02. The Morgan fingerprint density at radius 1 is 1.11 bits per heavy atom. The van der Waals surface area contributed by atoms with Gasteiger partial charge in [-0.05, 0) is 43.0 Å². The third-order valence-corrected chi connectivity index (χ3v) is 4.01. The van der Waals surface area contributed by atoms with E-state index in [2.05, 4.69) is 77.0 Å². The van der Waals surface area contributed by atoms with Gasteiger partial charge in [-0.15, -0.1) is 0 Å². The summed E-state index contributed by atoms with van der Waals surface area (Å²) in [7, 11) is 2.19. The molecule has 1 aromatic carbocycles. The number of hydrogen-bond acceptors (Lipinski definition) is 2. The molecule has 1 atom stereocenters. The van der Waals surface area contributed by atoms with E-state index < -0.39 is 0 Å². The van der Waals surface area contributed by atoms with Crippen LogP contribution in [0.5, 0.6) is 0 Å². The first-order valence-electron chi connectivity index (χ1n) is 7.38. The topological polar surface area (TPSA) is 15.3 Å². The average molecular weight is 262 g/mol. The fourth-order valence-corrected chi connectivity index (χ4v) is 2.09. The summed E-state index contributed by atoms with van der Waals surface area (Å²) in [6.07, 6.45) is 0. The van der Waals surface area contributed by atoms with Crippen molar-refractivity contribution in [3.05, 3.63) is 29.3 Å². The molecule has 0 amide bonds. The zero-order valence-corrected chi connectivity index (χ0v) is 13.6. The molecule has 2 nitrogen and oxygen atoms in total. The number of nitrogens with one attached hydrogen (secondary N) is 1. The third kappa shape index (κ3) is 4.54. The van der Waals surface area contributed by atoms with Gasteiger partial charge in [0.05, 0.1) is 0 Å². The van der Waals surface area contributed by atoms with Crippen molar-refractivity contribution in [2.24, 2.45) is 5.92 Å². The molecule has 0 heterocycles. The van der Waals surface area contributed by atoms with Gasteiger partial charge in [0.15, 0.2) is 0 Å². The molecule has 0 radical (unpaired) electrons. The standard InChI is InChI=1S/C17H30N2/c1-12(2)15(6)19(7)17-9-8-16(14(5)10-17)11-18-13(3)4/h8-10,12-13,15,18H,11H2,1-7H3. The summed E-state index contributed by atoms with van der Waals surface area (Å²) in [6, 6.07) is 7.88. The summed E-state index contributed by atoms with van der Waals surface area (Å²) >= 11 is 0. The molecule has 0 saturated heterocycles. The number of benzene rings is 1. The van der Waals surface area contributed by atoms with Crippen LogP contribution in [0.1, 0.15) is 45.7 Å². The van der Waals surface area contributed by atoms with Crippen molar-refractivity contribution in [2.75, 3.05) is 11.9 Å². The molecular weight excluding hydrogens is 232 g/mol. The molecule has 0 spiro atoms. The van der Waals surface area contributed by atoms with Gasteiger partial charge >= 0.3 is 0 Å². The van der Waals surface area contributed by atoms with Crippen molar-refractivity contribution in [3.63, 3.8) is 0 Å². The Morgan fingerprint density at radius 3 is 2.21 bits per heavy atom. The largest absolute Gasteiger partial charge is 0.372 e. The highest BCUT2D eigenvalue weighted by molar-refractivity contribution is 5.51. The van der Waals surface area contributed by atoms with Crippen LogP contribution in [0.25, 0.3) is 0 Å². The smallest absolute Gasteiger partial charge is 0.0368 e. The van der Waals surface area contributed by atoms with E-state index in [0.29, 0.717) is 18.0 Å². The quantitative estimate of drug-likeness (QED) is 0.834. The molecule has 0 bridgehead atoms. The van der Waals surface area contributed by atoms with Crippen LogP contribution in [0, 0.1) is 12.8 Å². The lowest BCUT2D eigenvalue weighted by Gasteiger charge is -2.30. The van der Waals surface area contributed by atoms with Crippen molar-refractivity contribution in [1.82, 2.24) is 5.32 Å². The summed E-state index contributed by atoms with van der Waals surface area (Å²) in [5.41, 5.74) is 4.07. The molecule has 0 aliphatic rings. The minimum atomic E-state index is 0.530. The van der Waals surface area contributed by atoms with Gasteiger partial charge in [-0.25, -0.2) is 0 Å². The van der Waals surface area contributed by atoms with Crippen LogP contribution in [-0.2, 0) is 6.54 Å². The second-order valence-corrected chi connectivity index (χ2v) is 6.24. The molecule has 1 rings (SSSR count). The lowest BCUT2D eigenvalue weighted by molar-refractivity contribution is 0.505. The van der Waals surface area contributed by atoms with Crippen LogP contribution in [0.15, 0.2) is 18.2 Å². The first kappa shape index (κ1) is 16.0. The summed E-state index contributed by atoms with van der Waals surface area (Å²) < 4.78 is 0. The number of nitrogens with zero attached hydrogens (tertiary/aromatic N) is 1. The van der Waals surface area contributed by atoms with Gasteiger partial charge in [0, 0.05) is 31.4 Å². The Balaban J connectivity index is 2.81. The number of aryl methyl sites for hydroxylation is 1. The molecule has 0 aliphatic heterocycles. The first-order valence-corrected chi connectivity index (χ1v) is 7.38. The SMILES string of the molecule is Cc1cc(N(C)C(C)C(C)C)ccc1CNC(C)C. The van der Waals surface area contributed by atoms with E-state index in [4.69, 9.17) is 0 Å². The van der Waals surface area contributed by atoms with Gasteiger partial charge in [-0.1, -0.05) is 33.8 Å². The Labute approximate surface area is 119 Å². The summed E-state index contributed by atoms with van der Waals surface area (Å²) in [5, 5.41) is 3.48. The number of anilines is 1. The predicted octanol–water partition coefficient (Wildman–Crippen LogP) is 3.97. The molecule has 0 aliphatic carbocycles. The van der Waals surface area contributed by atoms with Crippen LogP contribution in [0.3, 0.4) is 0 Å². The number of hydrogen-bond donors (Lipinski definition) is 1. The van der Waals surface area contributed by atoms with E-state index >= 15 is 0 Å². The lowest BCUT2D eigenvalue weighted by atomic mass is 10.0. The molecule has 108 valence electrons. The van der Waals surface area contributed by atoms with Gasteiger partial charge in [0.1, 0.15) is 0 Å². The van der Waals surface area contributed by atoms with E-state index in [1.54, 1.807) is 0 Å². The van der Waals surface area contributed by atoms with Gasteiger partial charge in [-0.3, -0.25) is 0 Å². The molecule has 19 heavy (non-hydrogen) atoms. The highest BCUT2D eigenvalue weighted by atomic mass is 15.1. The second-order valence-electron chi connectivity index (χ2n) is 6.24. The van der Waals surface area contributed by atoms with Crippen LogP contribution in [-0.4, -0.2) is 19.1 Å². The lowest BCUT2D eigenvalue weighted by Crippen LogP contribution is -2.33. The summed E-state index contributed by atoms with van der Waals surface area (Å²) in [5.74, 6) is 0.660. The van der Waals surface area contributed by atoms with E-state index in [-0.39, 0.29) is 0 Å². The van der Waals surface area contributed by atoms with Crippen LogP contribution in [0.4, 0.5) is 5.69 Å². The molecule has 0 fully saturated rings. The van der Waals surface area contributed by atoms with Crippen LogP contribution in [0.2, 0.25) is 0 Å². The average Bonchev–Trinajstić information content (AvgIpc) is 2.35. The molecular formula is C17H30N2. The Bertz CT molecular complexity index is 396. The number of rotatable bonds is 6. The maximum atomic E-state index is 3.48. The van der Waals surface area contributed by atoms with Gasteiger partial charge in [-0.2, -0.15) is 0 Å². The van der Waals surface area contributed by atoms with Crippen LogP contribution < -0.4 is 10.2 Å². The maximum absolute atomic E-state index is 3.48. The minimum absolute atomic E-state index is 0.530. The fraction of sp³-hybridized carbons (Fsp3) is 0.647. The zero-order valence-electron chi connectivity index (χ0n) is 13.6. The van der Waals surface area contributed by atoms with E-state index in [9.17, 15) is 0 Å². The Kier molecular flexibility index (Phi) is 5.86. The highest BCUT2D eigenvalue weighted by Gasteiger charge is 2.14. The fourth-order valence-electron chi connectivity index (χ4n) is 2.09. The molecule has 2 heteroatoms. The van der Waals surface area contributed by atoms with Gasteiger partial charge in [0.25, 0.3) is 0 Å². The third-order valence-electron chi connectivity index (χ3n) is 4.01. The summed E-state index contributed by atoms with van der Waals surface area (Å²) in [4.78, 5) is 2.37. The Morgan fingerprint density at radius 2 is 1.74 bits per heavy atom. The van der Waals surface area contributed by atoms with Crippen molar-refractivity contribution in [2.45, 2.75) is 60.2 Å². The molecule has 1 aromatic rings. The van der Waals surface area contributed by atoms with E-state index in [1.807, 2.05) is 0 Å². The van der Waals surface area contributed by atoms with Gasteiger partial charge in [0.2, 0.25) is 0 Å².